The standard InChI is InChI=1S/C19H22S/c1-13(2)11-18-15(4)19(20-16(18)5)17-10-8-6-7-9-14(3)12-17/h7-10,12H,1,3,6,11H2,2,4-5H3/b9-7-,10-8-,17-12+. The third kappa shape index (κ3) is 3.29. The number of rotatable bonds is 3. The van der Waals surface area contributed by atoms with E-state index in [0.29, 0.717) is 0 Å². The molecule has 2 rings (SSSR count). The van der Waals surface area contributed by atoms with E-state index in [0.717, 1.165) is 18.4 Å². The van der Waals surface area contributed by atoms with Crippen LogP contribution >= 0.6 is 11.3 Å². The second-order valence-corrected chi connectivity index (χ2v) is 6.66. The first kappa shape index (κ1) is 14.8. The Morgan fingerprint density at radius 1 is 1.25 bits per heavy atom. The molecule has 0 saturated carbocycles. The zero-order valence-electron chi connectivity index (χ0n) is 12.6. The summed E-state index contributed by atoms with van der Waals surface area (Å²) in [6, 6.07) is 0. The Hall–Kier alpha value is -1.60. The molecule has 1 aromatic heterocycles. The highest BCUT2D eigenvalue weighted by Gasteiger charge is 2.14. The van der Waals surface area contributed by atoms with Crippen LogP contribution in [0.3, 0.4) is 0 Å². The summed E-state index contributed by atoms with van der Waals surface area (Å²) >= 11 is 1.88. The van der Waals surface area contributed by atoms with Crippen molar-refractivity contribution in [3.05, 3.63) is 75.6 Å². The van der Waals surface area contributed by atoms with Crippen molar-refractivity contribution in [1.29, 1.82) is 0 Å². The second-order valence-electron chi connectivity index (χ2n) is 5.44. The van der Waals surface area contributed by atoms with Crippen LogP contribution in [0.1, 0.15) is 34.2 Å². The van der Waals surface area contributed by atoms with Crippen molar-refractivity contribution in [2.75, 3.05) is 0 Å². The molecule has 0 N–H and O–H groups in total. The van der Waals surface area contributed by atoms with Gasteiger partial charge in [0.15, 0.2) is 0 Å². The van der Waals surface area contributed by atoms with Crippen LogP contribution in [0.2, 0.25) is 0 Å². The van der Waals surface area contributed by atoms with E-state index in [1.807, 2.05) is 11.3 Å². The fraction of sp³-hybridized carbons (Fsp3) is 0.263. The summed E-state index contributed by atoms with van der Waals surface area (Å²) in [6.07, 6.45) is 12.8. The molecule has 0 amide bonds. The monoisotopic (exact) mass is 282 g/mol. The Labute approximate surface area is 126 Å². The lowest BCUT2D eigenvalue weighted by Gasteiger charge is -2.06. The zero-order valence-corrected chi connectivity index (χ0v) is 13.4. The first-order chi connectivity index (χ1) is 9.49. The van der Waals surface area contributed by atoms with Gasteiger partial charge in [-0.3, -0.25) is 0 Å². The molecular formula is C19H22S. The lowest BCUT2D eigenvalue weighted by atomic mass is 9.99. The van der Waals surface area contributed by atoms with Gasteiger partial charge in [-0.15, -0.1) is 11.3 Å². The SMILES string of the molecule is C=C1/C=C\C/C=C\C(c2sc(C)c(CC(=C)C)c2C)=C/1. The van der Waals surface area contributed by atoms with Crippen molar-refractivity contribution in [3.8, 4) is 0 Å². The van der Waals surface area contributed by atoms with Crippen molar-refractivity contribution in [2.24, 2.45) is 0 Å². The molecule has 1 aliphatic rings. The van der Waals surface area contributed by atoms with E-state index in [-0.39, 0.29) is 0 Å². The Kier molecular flexibility index (Phi) is 4.61. The van der Waals surface area contributed by atoms with E-state index in [1.54, 1.807) is 0 Å². The van der Waals surface area contributed by atoms with Crippen LogP contribution in [0.25, 0.3) is 5.57 Å². The fourth-order valence-corrected chi connectivity index (χ4v) is 3.63. The van der Waals surface area contributed by atoms with Crippen molar-refractivity contribution < 1.29 is 0 Å². The van der Waals surface area contributed by atoms with Crippen molar-refractivity contribution >= 4 is 16.9 Å². The van der Waals surface area contributed by atoms with Crippen LogP contribution in [0, 0.1) is 13.8 Å². The largest absolute Gasteiger partial charge is 0.140 e. The van der Waals surface area contributed by atoms with Crippen molar-refractivity contribution in [3.63, 3.8) is 0 Å². The van der Waals surface area contributed by atoms with E-state index in [9.17, 15) is 0 Å². The molecule has 0 saturated heterocycles. The van der Waals surface area contributed by atoms with Crippen LogP contribution in [0.15, 0.2) is 54.7 Å². The minimum absolute atomic E-state index is 0.971. The van der Waals surface area contributed by atoms with Gasteiger partial charge < -0.3 is 0 Å². The first-order valence-electron chi connectivity index (χ1n) is 6.96. The third-order valence-electron chi connectivity index (χ3n) is 3.46. The molecule has 0 atom stereocenters. The maximum Gasteiger partial charge on any atom is 0.0377 e. The van der Waals surface area contributed by atoms with Gasteiger partial charge in [0.2, 0.25) is 0 Å². The van der Waals surface area contributed by atoms with E-state index >= 15 is 0 Å². The molecular weight excluding hydrogens is 260 g/mol. The maximum atomic E-state index is 4.09. The van der Waals surface area contributed by atoms with Gasteiger partial charge >= 0.3 is 0 Å². The van der Waals surface area contributed by atoms with Gasteiger partial charge in [0.25, 0.3) is 0 Å². The Balaban J connectivity index is 2.47. The summed E-state index contributed by atoms with van der Waals surface area (Å²) < 4.78 is 0. The molecule has 1 heteroatoms. The summed E-state index contributed by atoms with van der Waals surface area (Å²) in [7, 11) is 0. The quantitative estimate of drug-likeness (QED) is 0.602. The molecule has 0 fully saturated rings. The molecule has 0 spiro atoms. The summed E-state index contributed by atoms with van der Waals surface area (Å²) in [5, 5.41) is 0. The van der Waals surface area contributed by atoms with Gasteiger partial charge in [0, 0.05) is 9.75 Å². The number of hydrogen-bond donors (Lipinski definition) is 0. The molecule has 0 nitrogen and oxygen atoms in total. The normalized spacial score (nSPS) is 20.8. The van der Waals surface area contributed by atoms with Gasteiger partial charge in [-0.05, 0) is 62.0 Å². The van der Waals surface area contributed by atoms with E-state index < -0.39 is 0 Å². The predicted molar refractivity (Wildman–Crippen MR) is 92.3 cm³/mol. The Morgan fingerprint density at radius 2 is 1.95 bits per heavy atom. The Morgan fingerprint density at radius 3 is 2.65 bits per heavy atom. The number of thiophene rings is 1. The average Bonchev–Trinajstić information content (AvgIpc) is 2.61. The summed E-state index contributed by atoms with van der Waals surface area (Å²) in [5.41, 5.74) is 6.39. The van der Waals surface area contributed by atoms with Crippen molar-refractivity contribution in [1.82, 2.24) is 0 Å². The van der Waals surface area contributed by atoms with E-state index in [1.165, 1.54) is 32.0 Å². The molecule has 0 unspecified atom stereocenters. The molecule has 1 aromatic rings. The number of allylic oxidation sites excluding steroid dienone is 8. The smallest absolute Gasteiger partial charge is 0.0377 e. The minimum atomic E-state index is 0.971. The van der Waals surface area contributed by atoms with Crippen LogP contribution < -0.4 is 0 Å². The number of aryl methyl sites for hydroxylation is 1. The molecule has 0 bridgehead atoms. The van der Waals surface area contributed by atoms with E-state index in [4.69, 9.17) is 0 Å². The molecule has 20 heavy (non-hydrogen) atoms. The van der Waals surface area contributed by atoms with Crippen LogP contribution in [0.4, 0.5) is 0 Å². The van der Waals surface area contributed by atoms with Crippen molar-refractivity contribution in [2.45, 2.75) is 33.6 Å². The van der Waals surface area contributed by atoms with Gasteiger partial charge in [0.1, 0.15) is 0 Å². The van der Waals surface area contributed by atoms with Gasteiger partial charge in [-0.2, -0.15) is 0 Å². The first-order valence-corrected chi connectivity index (χ1v) is 7.78. The molecule has 0 radical (unpaired) electrons. The zero-order chi connectivity index (χ0) is 14.7. The molecule has 1 aliphatic carbocycles. The van der Waals surface area contributed by atoms with E-state index in [2.05, 4.69) is 64.3 Å². The lowest BCUT2D eigenvalue weighted by Crippen LogP contribution is -1.90. The topological polar surface area (TPSA) is 0 Å². The lowest BCUT2D eigenvalue weighted by molar-refractivity contribution is 1.12. The average molecular weight is 282 g/mol. The predicted octanol–water partition coefficient (Wildman–Crippen LogP) is 5.94. The highest BCUT2D eigenvalue weighted by molar-refractivity contribution is 7.13. The number of hydrogen-bond acceptors (Lipinski definition) is 1. The summed E-state index contributed by atoms with van der Waals surface area (Å²) in [4.78, 5) is 2.77. The second kappa shape index (κ2) is 6.23. The van der Waals surface area contributed by atoms with Crippen LogP contribution in [-0.2, 0) is 6.42 Å². The highest BCUT2D eigenvalue weighted by Crippen LogP contribution is 2.35. The van der Waals surface area contributed by atoms with Crippen LogP contribution in [0.5, 0.6) is 0 Å². The molecule has 0 aromatic carbocycles. The Bertz CT molecular complexity index is 633. The van der Waals surface area contributed by atoms with Gasteiger partial charge in [0.05, 0.1) is 0 Å². The third-order valence-corrected chi connectivity index (χ3v) is 4.76. The van der Waals surface area contributed by atoms with Gasteiger partial charge in [-0.25, -0.2) is 0 Å². The molecule has 1 heterocycles. The maximum absolute atomic E-state index is 4.09. The minimum Gasteiger partial charge on any atom is -0.140 e. The molecule has 0 aliphatic heterocycles. The highest BCUT2D eigenvalue weighted by atomic mass is 32.1. The van der Waals surface area contributed by atoms with Gasteiger partial charge in [-0.1, -0.05) is 43.0 Å². The molecule has 104 valence electrons. The summed E-state index contributed by atoms with van der Waals surface area (Å²) in [5.74, 6) is 0. The fourth-order valence-electron chi connectivity index (χ4n) is 2.46. The van der Waals surface area contributed by atoms with Crippen LogP contribution in [-0.4, -0.2) is 0 Å². The summed E-state index contributed by atoms with van der Waals surface area (Å²) in [6.45, 7) is 14.7.